The first-order chi connectivity index (χ1) is 13.1. The number of hydrogen-bond donors (Lipinski definition) is 1. The third-order valence-corrected chi connectivity index (χ3v) is 6.00. The summed E-state index contributed by atoms with van der Waals surface area (Å²) in [5.74, 6) is 0.976. The van der Waals surface area contributed by atoms with E-state index in [9.17, 15) is 4.39 Å². The van der Waals surface area contributed by atoms with Crippen LogP contribution in [0.5, 0.6) is 0 Å². The van der Waals surface area contributed by atoms with Gasteiger partial charge in [-0.2, -0.15) is 5.10 Å². The number of nitrogens with zero attached hydrogens (tertiary/aromatic N) is 6. The highest BCUT2D eigenvalue weighted by Crippen LogP contribution is 2.38. The molecule has 1 saturated heterocycles. The number of hydrogen-bond acceptors (Lipinski definition) is 8. The van der Waals surface area contributed by atoms with E-state index in [4.69, 9.17) is 0 Å². The van der Waals surface area contributed by atoms with Crippen LogP contribution in [-0.4, -0.2) is 44.3 Å². The van der Waals surface area contributed by atoms with E-state index in [1.807, 2.05) is 24.1 Å². The number of aryl methyl sites for hydroxylation is 2. The van der Waals surface area contributed by atoms with Crippen molar-refractivity contribution in [1.82, 2.24) is 25.1 Å². The molecule has 1 aliphatic rings. The Hall–Kier alpha value is -2.65. The van der Waals surface area contributed by atoms with Gasteiger partial charge in [-0.15, -0.1) is 28.8 Å². The molecule has 0 spiro atoms. The summed E-state index contributed by atoms with van der Waals surface area (Å²) in [7, 11) is 0. The molecule has 7 nitrogen and oxygen atoms in total. The molecule has 0 aromatic carbocycles. The molecule has 4 aromatic rings. The molecule has 5 rings (SSSR count). The minimum absolute atomic E-state index is 0. The van der Waals surface area contributed by atoms with E-state index < -0.39 is 5.82 Å². The summed E-state index contributed by atoms with van der Waals surface area (Å²) in [6.07, 6.45) is 4.20. The molecule has 0 saturated carbocycles. The molecule has 0 radical (unpaired) electrons. The Bertz CT molecular complexity index is 1160. The fourth-order valence-corrected chi connectivity index (χ4v) is 4.45. The number of anilines is 2. The number of halogens is 2. The molecule has 0 aliphatic carbocycles. The van der Waals surface area contributed by atoms with Crippen molar-refractivity contribution in [3.05, 3.63) is 41.7 Å². The normalized spacial score (nSPS) is 14.2. The van der Waals surface area contributed by atoms with Crippen molar-refractivity contribution in [2.24, 2.45) is 0 Å². The second kappa shape index (κ2) is 7.06. The Morgan fingerprint density at radius 1 is 1.14 bits per heavy atom. The molecule has 1 fully saturated rings. The molecule has 0 bridgehead atoms. The Labute approximate surface area is 170 Å². The van der Waals surface area contributed by atoms with Crippen LogP contribution in [0, 0.1) is 19.7 Å². The molecule has 0 unspecified atom stereocenters. The van der Waals surface area contributed by atoms with Crippen LogP contribution in [0.15, 0.2) is 24.7 Å². The number of aromatic nitrogens is 5. The van der Waals surface area contributed by atoms with Crippen molar-refractivity contribution in [1.29, 1.82) is 0 Å². The van der Waals surface area contributed by atoms with Crippen LogP contribution in [0.2, 0.25) is 0 Å². The maximum atomic E-state index is 13.0. The number of rotatable bonds is 3. The van der Waals surface area contributed by atoms with Crippen LogP contribution in [0.1, 0.15) is 11.3 Å². The van der Waals surface area contributed by atoms with Crippen molar-refractivity contribution in [2.75, 3.05) is 23.3 Å². The van der Waals surface area contributed by atoms with Gasteiger partial charge < -0.3 is 10.2 Å². The molecule has 28 heavy (non-hydrogen) atoms. The molecular formula is C18H17ClFN7S. The van der Waals surface area contributed by atoms with E-state index in [1.165, 1.54) is 12.4 Å². The van der Waals surface area contributed by atoms with Gasteiger partial charge in [0.05, 0.1) is 28.8 Å². The standard InChI is InChI=1S/C18H16FN7S.ClH/c1-9-10(2)24-25-17-14(9)13-3-4-20-16(15(13)27-17)23-12-7-26(8-12)18-21-5-11(19)6-22-18;/h3-6,12H,7-8H2,1-2H3,(H,20,23);1H. The van der Waals surface area contributed by atoms with Crippen LogP contribution in [-0.2, 0) is 0 Å². The molecule has 144 valence electrons. The number of pyridine rings is 1. The fraction of sp³-hybridized carbons (Fsp3) is 0.278. The van der Waals surface area contributed by atoms with Crippen LogP contribution in [0.4, 0.5) is 16.2 Å². The van der Waals surface area contributed by atoms with E-state index in [0.29, 0.717) is 5.95 Å². The number of thiophene rings is 1. The summed E-state index contributed by atoms with van der Waals surface area (Å²) in [5.41, 5.74) is 2.11. The summed E-state index contributed by atoms with van der Waals surface area (Å²) >= 11 is 1.61. The van der Waals surface area contributed by atoms with Crippen LogP contribution in [0.25, 0.3) is 20.3 Å². The highest BCUT2D eigenvalue weighted by atomic mass is 35.5. The van der Waals surface area contributed by atoms with Gasteiger partial charge in [-0.1, -0.05) is 0 Å². The lowest BCUT2D eigenvalue weighted by Gasteiger charge is -2.39. The lowest BCUT2D eigenvalue weighted by Crippen LogP contribution is -2.55. The molecule has 1 N–H and O–H groups in total. The van der Waals surface area contributed by atoms with Crippen molar-refractivity contribution in [2.45, 2.75) is 19.9 Å². The smallest absolute Gasteiger partial charge is 0.225 e. The highest BCUT2D eigenvalue weighted by molar-refractivity contribution is 7.26. The molecule has 10 heteroatoms. The SMILES string of the molecule is Cc1nnc2sc3c(NC4CN(c5ncc(F)cn5)C4)nccc3c2c1C.Cl. The second-order valence-electron chi connectivity index (χ2n) is 6.68. The van der Waals surface area contributed by atoms with Crippen LogP contribution >= 0.6 is 23.7 Å². The van der Waals surface area contributed by atoms with E-state index in [2.05, 4.69) is 37.4 Å². The fourth-order valence-electron chi connectivity index (χ4n) is 3.32. The quantitative estimate of drug-likeness (QED) is 0.546. The topological polar surface area (TPSA) is 79.7 Å². The number of fused-ring (bicyclic) bond motifs is 3. The van der Waals surface area contributed by atoms with Gasteiger partial charge in [-0.25, -0.2) is 19.3 Å². The Kier molecular flexibility index (Phi) is 4.72. The zero-order valence-corrected chi connectivity index (χ0v) is 16.8. The predicted molar refractivity (Wildman–Crippen MR) is 111 cm³/mol. The summed E-state index contributed by atoms with van der Waals surface area (Å²) in [5, 5.41) is 14.4. The van der Waals surface area contributed by atoms with Crippen molar-refractivity contribution >= 4 is 55.8 Å². The third kappa shape index (κ3) is 3.00. The first kappa shape index (κ1) is 18.7. The van der Waals surface area contributed by atoms with Gasteiger partial charge in [0.25, 0.3) is 0 Å². The first-order valence-electron chi connectivity index (χ1n) is 8.60. The Balaban J connectivity index is 0.00000192. The van der Waals surface area contributed by atoms with Gasteiger partial charge in [-0.05, 0) is 25.5 Å². The van der Waals surface area contributed by atoms with Crippen LogP contribution < -0.4 is 10.2 Å². The largest absolute Gasteiger partial charge is 0.363 e. The van der Waals surface area contributed by atoms with Gasteiger partial charge in [0.2, 0.25) is 5.95 Å². The minimum Gasteiger partial charge on any atom is -0.363 e. The molecule has 4 aromatic heterocycles. The van der Waals surface area contributed by atoms with Gasteiger partial charge >= 0.3 is 0 Å². The van der Waals surface area contributed by atoms with Crippen LogP contribution in [0.3, 0.4) is 0 Å². The van der Waals surface area contributed by atoms with Gasteiger partial charge in [0, 0.05) is 30.1 Å². The van der Waals surface area contributed by atoms with E-state index in [-0.39, 0.29) is 18.4 Å². The first-order valence-corrected chi connectivity index (χ1v) is 9.42. The summed E-state index contributed by atoms with van der Waals surface area (Å²) in [6, 6.07) is 2.27. The van der Waals surface area contributed by atoms with Gasteiger partial charge in [0.1, 0.15) is 10.6 Å². The summed E-state index contributed by atoms with van der Waals surface area (Å²) in [6.45, 7) is 5.55. The Morgan fingerprint density at radius 2 is 1.89 bits per heavy atom. The van der Waals surface area contributed by atoms with Crippen molar-refractivity contribution < 1.29 is 4.39 Å². The molecular weight excluding hydrogens is 401 g/mol. The number of nitrogens with one attached hydrogen (secondary N) is 1. The maximum absolute atomic E-state index is 13.0. The monoisotopic (exact) mass is 417 g/mol. The maximum Gasteiger partial charge on any atom is 0.225 e. The van der Waals surface area contributed by atoms with E-state index >= 15 is 0 Å². The summed E-state index contributed by atoms with van der Waals surface area (Å²) in [4.78, 5) is 15.5. The molecule has 1 aliphatic heterocycles. The average Bonchev–Trinajstić information content (AvgIpc) is 3.02. The Morgan fingerprint density at radius 3 is 2.64 bits per heavy atom. The average molecular weight is 418 g/mol. The van der Waals surface area contributed by atoms with Gasteiger partial charge in [-0.3, -0.25) is 0 Å². The van der Waals surface area contributed by atoms with E-state index in [0.717, 1.165) is 50.5 Å². The second-order valence-corrected chi connectivity index (χ2v) is 7.68. The van der Waals surface area contributed by atoms with Gasteiger partial charge in [0.15, 0.2) is 5.82 Å². The third-order valence-electron chi connectivity index (χ3n) is 4.91. The lowest BCUT2D eigenvalue weighted by atomic mass is 10.1. The lowest BCUT2D eigenvalue weighted by molar-refractivity contribution is 0.532. The summed E-state index contributed by atoms with van der Waals surface area (Å²) < 4.78 is 14.0. The zero-order chi connectivity index (χ0) is 18.5. The predicted octanol–water partition coefficient (Wildman–Crippen LogP) is 3.51. The van der Waals surface area contributed by atoms with E-state index in [1.54, 1.807) is 11.3 Å². The molecule has 0 amide bonds. The van der Waals surface area contributed by atoms with Crippen molar-refractivity contribution in [3.8, 4) is 0 Å². The highest BCUT2D eigenvalue weighted by Gasteiger charge is 2.29. The zero-order valence-electron chi connectivity index (χ0n) is 15.2. The molecule has 0 atom stereocenters. The minimum atomic E-state index is -0.428. The van der Waals surface area contributed by atoms with Crippen molar-refractivity contribution in [3.63, 3.8) is 0 Å². The molecule has 5 heterocycles.